The molecule has 1 N–H and O–H groups in total. The molecule has 1 aliphatic heterocycles. The Morgan fingerprint density at radius 1 is 1.27 bits per heavy atom. The van der Waals surface area contributed by atoms with Crippen molar-refractivity contribution in [3.63, 3.8) is 0 Å². The molecule has 1 saturated heterocycles. The van der Waals surface area contributed by atoms with Crippen LogP contribution >= 0.6 is 0 Å². The minimum absolute atomic E-state index is 0.204. The molecule has 1 heterocycles. The van der Waals surface area contributed by atoms with Crippen LogP contribution in [0, 0.1) is 0 Å². The SMILES string of the molecule is CN(C)C(=O)N1CCCCCC1C(=O)O. The Hall–Kier alpha value is -1.26. The Labute approximate surface area is 89.7 Å². The van der Waals surface area contributed by atoms with Crippen LogP contribution in [0.5, 0.6) is 0 Å². The first kappa shape index (κ1) is 11.8. The van der Waals surface area contributed by atoms with E-state index < -0.39 is 12.0 Å². The van der Waals surface area contributed by atoms with Gasteiger partial charge in [-0.15, -0.1) is 0 Å². The van der Waals surface area contributed by atoms with E-state index in [9.17, 15) is 9.59 Å². The van der Waals surface area contributed by atoms with Gasteiger partial charge in [-0.2, -0.15) is 0 Å². The smallest absolute Gasteiger partial charge is 0.326 e. The van der Waals surface area contributed by atoms with E-state index in [0.29, 0.717) is 13.0 Å². The number of rotatable bonds is 1. The van der Waals surface area contributed by atoms with Crippen LogP contribution in [-0.4, -0.2) is 53.6 Å². The highest BCUT2D eigenvalue weighted by Crippen LogP contribution is 2.18. The van der Waals surface area contributed by atoms with Gasteiger partial charge >= 0.3 is 12.0 Å². The number of amides is 2. The first-order valence-electron chi connectivity index (χ1n) is 5.24. The summed E-state index contributed by atoms with van der Waals surface area (Å²) in [6.45, 7) is 0.550. The monoisotopic (exact) mass is 214 g/mol. The molecule has 1 atom stereocenters. The average Bonchev–Trinajstić information content (AvgIpc) is 2.40. The highest BCUT2D eigenvalue weighted by atomic mass is 16.4. The highest BCUT2D eigenvalue weighted by Gasteiger charge is 2.31. The van der Waals surface area contributed by atoms with Gasteiger partial charge in [-0.1, -0.05) is 12.8 Å². The molecule has 0 aromatic rings. The molecule has 86 valence electrons. The third kappa shape index (κ3) is 2.84. The molecule has 1 unspecified atom stereocenters. The van der Waals surface area contributed by atoms with Crippen molar-refractivity contribution in [1.29, 1.82) is 0 Å². The van der Waals surface area contributed by atoms with Crippen molar-refractivity contribution >= 4 is 12.0 Å². The van der Waals surface area contributed by atoms with Crippen LogP contribution in [0.3, 0.4) is 0 Å². The summed E-state index contributed by atoms with van der Waals surface area (Å²) in [5.74, 6) is -0.896. The average molecular weight is 214 g/mol. The van der Waals surface area contributed by atoms with E-state index >= 15 is 0 Å². The molecule has 2 amide bonds. The maximum Gasteiger partial charge on any atom is 0.326 e. The predicted molar refractivity (Wildman–Crippen MR) is 55.7 cm³/mol. The molecule has 0 aliphatic carbocycles. The minimum atomic E-state index is -0.896. The van der Waals surface area contributed by atoms with Gasteiger partial charge in [0.25, 0.3) is 0 Å². The Morgan fingerprint density at radius 3 is 2.47 bits per heavy atom. The standard InChI is InChI=1S/C10H18N2O3/c1-11(2)10(15)12-7-5-3-4-6-8(12)9(13)14/h8H,3-7H2,1-2H3,(H,13,14). The van der Waals surface area contributed by atoms with Crippen LogP contribution in [0.2, 0.25) is 0 Å². The number of hydrogen-bond acceptors (Lipinski definition) is 2. The number of nitrogens with zero attached hydrogens (tertiary/aromatic N) is 2. The van der Waals surface area contributed by atoms with Gasteiger partial charge in [0.2, 0.25) is 0 Å². The molecule has 5 heteroatoms. The van der Waals surface area contributed by atoms with Gasteiger partial charge < -0.3 is 14.9 Å². The number of aliphatic carboxylic acids is 1. The Balaban J connectivity index is 2.79. The topological polar surface area (TPSA) is 60.9 Å². The molecule has 0 spiro atoms. The molecule has 1 rings (SSSR count). The zero-order valence-corrected chi connectivity index (χ0v) is 9.27. The predicted octanol–water partition coefficient (Wildman–Crippen LogP) is 0.997. The molecule has 1 aliphatic rings. The van der Waals surface area contributed by atoms with E-state index in [2.05, 4.69) is 0 Å². The summed E-state index contributed by atoms with van der Waals surface area (Å²) in [4.78, 5) is 25.7. The van der Waals surface area contributed by atoms with E-state index in [4.69, 9.17) is 5.11 Å². The lowest BCUT2D eigenvalue weighted by atomic mass is 10.1. The Bertz CT molecular complexity index is 253. The van der Waals surface area contributed by atoms with Gasteiger partial charge in [-0.25, -0.2) is 9.59 Å². The first-order chi connectivity index (χ1) is 7.04. The van der Waals surface area contributed by atoms with Crippen LogP contribution in [0.1, 0.15) is 25.7 Å². The van der Waals surface area contributed by atoms with Crippen molar-refractivity contribution in [3.8, 4) is 0 Å². The molecule has 0 radical (unpaired) electrons. The third-order valence-electron chi connectivity index (χ3n) is 2.67. The van der Waals surface area contributed by atoms with Gasteiger partial charge in [0.05, 0.1) is 0 Å². The van der Waals surface area contributed by atoms with Gasteiger partial charge in [-0.3, -0.25) is 0 Å². The fraction of sp³-hybridized carbons (Fsp3) is 0.800. The molecule has 0 aromatic heterocycles. The van der Waals surface area contributed by atoms with Crippen molar-refractivity contribution < 1.29 is 14.7 Å². The molecule has 0 saturated carbocycles. The zero-order valence-electron chi connectivity index (χ0n) is 9.27. The largest absolute Gasteiger partial charge is 0.480 e. The second-order valence-corrected chi connectivity index (χ2v) is 4.07. The molecular formula is C10H18N2O3. The number of likely N-dealkylation sites (tertiary alicyclic amines) is 1. The summed E-state index contributed by atoms with van der Waals surface area (Å²) in [5.41, 5.74) is 0. The lowest BCUT2D eigenvalue weighted by Gasteiger charge is -2.29. The van der Waals surface area contributed by atoms with Gasteiger partial charge in [0.15, 0.2) is 0 Å². The van der Waals surface area contributed by atoms with Gasteiger partial charge in [0, 0.05) is 20.6 Å². The molecular weight excluding hydrogens is 196 g/mol. The summed E-state index contributed by atoms with van der Waals surface area (Å²) in [6, 6.07) is -0.855. The van der Waals surface area contributed by atoms with Crippen LogP contribution in [0.25, 0.3) is 0 Å². The van der Waals surface area contributed by atoms with Crippen molar-refractivity contribution in [2.45, 2.75) is 31.7 Å². The summed E-state index contributed by atoms with van der Waals surface area (Å²) < 4.78 is 0. The van der Waals surface area contributed by atoms with Crippen LogP contribution < -0.4 is 0 Å². The van der Waals surface area contributed by atoms with E-state index in [0.717, 1.165) is 19.3 Å². The number of urea groups is 1. The Kier molecular flexibility index (Phi) is 3.94. The maximum atomic E-state index is 11.8. The van der Waals surface area contributed by atoms with E-state index in [1.54, 1.807) is 14.1 Å². The summed E-state index contributed by atoms with van der Waals surface area (Å²) >= 11 is 0. The van der Waals surface area contributed by atoms with Crippen molar-refractivity contribution in [3.05, 3.63) is 0 Å². The summed E-state index contributed by atoms with van der Waals surface area (Å²) in [5, 5.41) is 9.05. The van der Waals surface area contributed by atoms with Gasteiger partial charge in [0.1, 0.15) is 6.04 Å². The summed E-state index contributed by atoms with van der Waals surface area (Å²) in [7, 11) is 3.29. The van der Waals surface area contributed by atoms with Crippen LogP contribution in [-0.2, 0) is 4.79 Å². The summed E-state index contributed by atoms with van der Waals surface area (Å²) in [6.07, 6.45) is 3.34. The fourth-order valence-electron chi connectivity index (χ4n) is 1.85. The Morgan fingerprint density at radius 2 is 1.93 bits per heavy atom. The van der Waals surface area contributed by atoms with Crippen molar-refractivity contribution in [2.24, 2.45) is 0 Å². The molecule has 0 aromatic carbocycles. The number of carbonyl (C=O) groups is 2. The number of hydrogen-bond donors (Lipinski definition) is 1. The van der Waals surface area contributed by atoms with E-state index in [1.807, 2.05) is 0 Å². The van der Waals surface area contributed by atoms with Crippen molar-refractivity contribution in [2.75, 3.05) is 20.6 Å². The van der Waals surface area contributed by atoms with Crippen LogP contribution in [0.15, 0.2) is 0 Å². The van der Waals surface area contributed by atoms with Crippen LogP contribution in [0.4, 0.5) is 4.79 Å². The minimum Gasteiger partial charge on any atom is -0.480 e. The zero-order chi connectivity index (χ0) is 11.4. The lowest BCUT2D eigenvalue weighted by molar-refractivity contribution is -0.142. The lowest BCUT2D eigenvalue weighted by Crippen LogP contribution is -2.48. The number of carbonyl (C=O) groups excluding carboxylic acids is 1. The number of carboxylic acids is 1. The number of carboxylic acid groups (broad SMARTS) is 1. The quantitative estimate of drug-likeness (QED) is 0.708. The van der Waals surface area contributed by atoms with E-state index in [1.165, 1.54) is 9.80 Å². The second-order valence-electron chi connectivity index (χ2n) is 4.07. The molecule has 5 nitrogen and oxygen atoms in total. The maximum absolute atomic E-state index is 11.8. The van der Waals surface area contributed by atoms with Gasteiger partial charge in [-0.05, 0) is 12.8 Å². The fourth-order valence-corrected chi connectivity index (χ4v) is 1.85. The van der Waals surface area contributed by atoms with E-state index in [-0.39, 0.29) is 6.03 Å². The first-order valence-corrected chi connectivity index (χ1v) is 5.24. The normalized spacial score (nSPS) is 22.0. The van der Waals surface area contributed by atoms with Crippen molar-refractivity contribution in [1.82, 2.24) is 9.80 Å². The third-order valence-corrected chi connectivity index (χ3v) is 2.67. The molecule has 15 heavy (non-hydrogen) atoms. The molecule has 0 bridgehead atoms. The molecule has 1 fully saturated rings. The highest BCUT2D eigenvalue weighted by molar-refractivity contribution is 5.82. The second kappa shape index (κ2) is 5.00.